The average Bonchev–Trinajstić information content (AvgIpc) is 2.75. The van der Waals surface area contributed by atoms with Gasteiger partial charge in [0.1, 0.15) is 6.04 Å². The highest BCUT2D eigenvalue weighted by Crippen LogP contribution is 2.35. The molecule has 0 aromatic rings. The second-order valence-electron chi connectivity index (χ2n) is 4.78. The molecule has 2 aliphatic rings. The first-order valence-electron chi connectivity index (χ1n) is 6.26. The number of nitrogens with two attached hydrogens (primary N) is 1. The zero-order valence-corrected chi connectivity index (χ0v) is 10.2. The Labute approximate surface area is 104 Å². The Balaban J connectivity index is 1.94. The van der Waals surface area contributed by atoms with Crippen LogP contribution in [-0.2, 0) is 9.47 Å². The number of halogens is 3. The van der Waals surface area contributed by atoms with Crippen molar-refractivity contribution in [3.63, 3.8) is 0 Å². The number of nitrogens with zero attached hydrogens (tertiary/aromatic N) is 1. The third-order valence-corrected chi connectivity index (χ3v) is 3.63. The minimum absolute atomic E-state index is 0.0405. The van der Waals surface area contributed by atoms with Gasteiger partial charge >= 0.3 is 6.18 Å². The van der Waals surface area contributed by atoms with Crippen LogP contribution < -0.4 is 5.73 Å². The molecule has 2 fully saturated rings. The van der Waals surface area contributed by atoms with Crippen LogP contribution in [-0.4, -0.2) is 55.8 Å². The zero-order chi connectivity index (χ0) is 13.2. The van der Waals surface area contributed by atoms with E-state index in [4.69, 9.17) is 15.2 Å². The lowest BCUT2D eigenvalue weighted by Gasteiger charge is -2.41. The highest BCUT2D eigenvalue weighted by Gasteiger charge is 2.47. The molecular weight excluding hydrogens is 249 g/mol. The largest absolute Gasteiger partial charge is 0.404 e. The predicted octanol–water partition coefficient (Wildman–Crippen LogP) is 1.10. The highest BCUT2D eigenvalue weighted by atomic mass is 19.4. The Bertz CT molecular complexity index is 270. The smallest absolute Gasteiger partial charge is 0.347 e. The first-order valence-corrected chi connectivity index (χ1v) is 6.26. The summed E-state index contributed by atoms with van der Waals surface area (Å²) in [6.07, 6.45) is -3.30. The van der Waals surface area contributed by atoms with Crippen molar-refractivity contribution in [1.82, 2.24) is 4.90 Å². The Hall–Kier alpha value is -0.370. The maximum Gasteiger partial charge on any atom is 0.404 e. The fourth-order valence-corrected chi connectivity index (χ4v) is 2.67. The molecule has 0 amide bonds. The number of piperidine rings is 1. The van der Waals surface area contributed by atoms with Gasteiger partial charge in [-0.2, -0.15) is 13.2 Å². The van der Waals surface area contributed by atoms with Gasteiger partial charge in [0.25, 0.3) is 0 Å². The quantitative estimate of drug-likeness (QED) is 0.833. The summed E-state index contributed by atoms with van der Waals surface area (Å²) in [5, 5.41) is 0. The van der Waals surface area contributed by atoms with Crippen LogP contribution in [0.5, 0.6) is 0 Å². The number of alkyl halides is 3. The van der Waals surface area contributed by atoms with E-state index in [1.54, 1.807) is 0 Å². The number of rotatable bonds is 3. The molecule has 7 heteroatoms. The van der Waals surface area contributed by atoms with Crippen LogP contribution in [0.2, 0.25) is 0 Å². The molecule has 0 bridgehead atoms. The Morgan fingerprint density at radius 2 is 1.72 bits per heavy atom. The van der Waals surface area contributed by atoms with E-state index >= 15 is 0 Å². The van der Waals surface area contributed by atoms with Crippen LogP contribution in [0.15, 0.2) is 0 Å². The van der Waals surface area contributed by atoms with Crippen LogP contribution >= 0.6 is 0 Å². The van der Waals surface area contributed by atoms with Gasteiger partial charge in [0.2, 0.25) is 0 Å². The van der Waals surface area contributed by atoms with Gasteiger partial charge in [-0.05, 0) is 13.0 Å². The van der Waals surface area contributed by atoms with Gasteiger partial charge in [0.15, 0.2) is 5.79 Å². The topological polar surface area (TPSA) is 47.7 Å². The molecule has 0 saturated carbocycles. The molecule has 0 radical (unpaired) electrons. The first-order chi connectivity index (χ1) is 8.47. The van der Waals surface area contributed by atoms with E-state index in [1.807, 2.05) is 0 Å². The van der Waals surface area contributed by atoms with Gasteiger partial charge in [-0.25, -0.2) is 0 Å². The zero-order valence-electron chi connectivity index (χ0n) is 10.2. The summed E-state index contributed by atoms with van der Waals surface area (Å²) >= 11 is 0. The van der Waals surface area contributed by atoms with E-state index < -0.39 is 18.0 Å². The van der Waals surface area contributed by atoms with Crippen LogP contribution in [0.3, 0.4) is 0 Å². The molecule has 0 aromatic carbocycles. The van der Waals surface area contributed by atoms with E-state index in [-0.39, 0.29) is 13.0 Å². The second-order valence-corrected chi connectivity index (χ2v) is 4.78. The second kappa shape index (κ2) is 5.32. The fraction of sp³-hybridized carbons (Fsp3) is 1.00. The summed E-state index contributed by atoms with van der Waals surface area (Å²) in [5.41, 5.74) is 5.27. The van der Waals surface area contributed by atoms with Crippen LogP contribution in [0.25, 0.3) is 0 Å². The van der Waals surface area contributed by atoms with Gasteiger partial charge < -0.3 is 15.2 Å². The minimum atomic E-state index is -4.22. The number of hydrogen-bond donors (Lipinski definition) is 1. The minimum Gasteiger partial charge on any atom is -0.347 e. The highest BCUT2D eigenvalue weighted by molar-refractivity contribution is 4.88. The molecule has 0 aromatic heterocycles. The van der Waals surface area contributed by atoms with Crippen molar-refractivity contribution in [2.45, 2.75) is 37.3 Å². The van der Waals surface area contributed by atoms with Crippen molar-refractivity contribution >= 4 is 0 Å². The molecule has 2 saturated heterocycles. The maximum atomic E-state index is 12.9. The molecule has 2 rings (SSSR count). The molecular formula is C11H19F3N2O2. The van der Waals surface area contributed by atoms with Crippen LogP contribution in [0, 0.1) is 0 Å². The molecule has 2 heterocycles. The lowest BCUT2D eigenvalue weighted by molar-refractivity contribution is -0.219. The van der Waals surface area contributed by atoms with Crippen molar-refractivity contribution in [2.24, 2.45) is 5.73 Å². The summed E-state index contributed by atoms with van der Waals surface area (Å²) in [6, 6.07) is -1.44. The Morgan fingerprint density at radius 1 is 1.17 bits per heavy atom. The molecule has 1 atom stereocenters. The molecule has 1 unspecified atom stereocenters. The number of likely N-dealkylation sites (tertiary alicyclic amines) is 1. The van der Waals surface area contributed by atoms with Crippen LogP contribution in [0.4, 0.5) is 13.2 Å². The third kappa shape index (κ3) is 2.96. The predicted molar refractivity (Wildman–Crippen MR) is 59.0 cm³/mol. The normalized spacial score (nSPS) is 26.7. The summed E-state index contributed by atoms with van der Waals surface area (Å²) in [7, 11) is 0. The van der Waals surface area contributed by atoms with Gasteiger partial charge in [0, 0.05) is 25.9 Å². The molecule has 4 nitrogen and oxygen atoms in total. The van der Waals surface area contributed by atoms with Crippen LogP contribution in [0.1, 0.15) is 19.3 Å². The van der Waals surface area contributed by atoms with Gasteiger partial charge in [-0.1, -0.05) is 0 Å². The molecule has 106 valence electrons. The maximum absolute atomic E-state index is 12.9. The van der Waals surface area contributed by atoms with Gasteiger partial charge in [0.05, 0.1) is 13.2 Å². The lowest BCUT2D eigenvalue weighted by atomic mass is 10.0. The van der Waals surface area contributed by atoms with E-state index in [9.17, 15) is 13.2 Å². The lowest BCUT2D eigenvalue weighted by Crippen LogP contribution is -2.53. The monoisotopic (exact) mass is 268 g/mol. The summed E-state index contributed by atoms with van der Waals surface area (Å²) in [5.74, 6) is -0.630. The van der Waals surface area contributed by atoms with Gasteiger partial charge in [-0.15, -0.1) is 0 Å². The number of ether oxygens (including phenoxy) is 2. The fourth-order valence-electron chi connectivity index (χ4n) is 2.67. The van der Waals surface area contributed by atoms with Crippen molar-refractivity contribution < 1.29 is 22.6 Å². The van der Waals surface area contributed by atoms with Crippen molar-refractivity contribution in [3.05, 3.63) is 0 Å². The van der Waals surface area contributed by atoms with Crippen molar-refractivity contribution in [2.75, 3.05) is 32.8 Å². The SMILES string of the molecule is NCCC(N1CCC2(CC1)OCCO2)C(F)(F)F. The standard InChI is InChI=1S/C11H19F3N2O2/c12-11(13,14)9(1-4-15)16-5-2-10(3-6-16)17-7-8-18-10/h9H,1-8,15H2. The van der Waals surface area contributed by atoms with Crippen molar-refractivity contribution in [3.8, 4) is 0 Å². The summed E-state index contributed by atoms with van der Waals surface area (Å²) in [4.78, 5) is 1.45. The summed E-state index contributed by atoms with van der Waals surface area (Å²) < 4.78 is 49.7. The van der Waals surface area contributed by atoms with E-state index in [0.717, 1.165) is 0 Å². The average molecular weight is 268 g/mol. The Morgan fingerprint density at radius 3 is 2.17 bits per heavy atom. The molecule has 2 aliphatic heterocycles. The molecule has 0 aliphatic carbocycles. The molecule has 18 heavy (non-hydrogen) atoms. The van der Waals surface area contributed by atoms with E-state index in [2.05, 4.69) is 0 Å². The molecule has 2 N–H and O–H groups in total. The van der Waals surface area contributed by atoms with E-state index in [0.29, 0.717) is 39.1 Å². The first kappa shape index (κ1) is 14.0. The van der Waals surface area contributed by atoms with E-state index in [1.165, 1.54) is 4.90 Å². The Kier molecular flexibility index (Phi) is 4.15. The molecule has 1 spiro atoms. The third-order valence-electron chi connectivity index (χ3n) is 3.63. The summed E-state index contributed by atoms with van der Waals surface area (Å²) in [6.45, 7) is 1.78. The van der Waals surface area contributed by atoms with Gasteiger partial charge in [-0.3, -0.25) is 4.90 Å². The number of hydrogen-bond acceptors (Lipinski definition) is 4. The van der Waals surface area contributed by atoms with Crippen molar-refractivity contribution in [1.29, 1.82) is 0 Å².